The van der Waals surface area contributed by atoms with Crippen molar-refractivity contribution in [2.45, 2.75) is 18.2 Å². The van der Waals surface area contributed by atoms with Gasteiger partial charge in [-0.05, 0) is 24.1 Å². The third-order valence-electron chi connectivity index (χ3n) is 1.88. The average molecular weight is 196 g/mol. The molecule has 70 valence electrons. The Hall–Kier alpha value is -0.960. The summed E-state index contributed by atoms with van der Waals surface area (Å²) in [6, 6.07) is 5.50. The van der Waals surface area contributed by atoms with Crippen LogP contribution in [0.15, 0.2) is 23.1 Å². The summed E-state index contributed by atoms with van der Waals surface area (Å²) in [5.41, 5.74) is 1.60. The van der Waals surface area contributed by atoms with Crippen molar-refractivity contribution in [3.8, 4) is 0 Å². The van der Waals surface area contributed by atoms with Crippen molar-refractivity contribution in [1.82, 2.24) is 0 Å². The molecular weight excluding hydrogens is 184 g/mol. The summed E-state index contributed by atoms with van der Waals surface area (Å²) in [6.07, 6.45) is 0.818. The molecule has 0 saturated heterocycles. The second-order valence-corrected chi connectivity index (χ2v) is 3.20. The lowest BCUT2D eigenvalue weighted by atomic mass is 10.1. The standard InChI is InChI=1S/C10H12O2S/c1-3-7-4-5-8(13)6-9(7)10(11)12-2/h4-6,13H,3H2,1-2H3. The van der Waals surface area contributed by atoms with Crippen LogP contribution in [0.5, 0.6) is 0 Å². The molecule has 0 amide bonds. The van der Waals surface area contributed by atoms with Crippen LogP contribution in [0.4, 0.5) is 0 Å². The number of benzene rings is 1. The first-order valence-electron chi connectivity index (χ1n) is 4.09. The molecule has 2 nitrogen and oxygen atoms in total. The molecule has 0 aliphatic heterocycles. The Morgan fingerprint density at radius 1 is 1.54 bits per heavy atom. The van der Waals surface area contributed by atoms with Gasteiger partial charge in [0.1, 0.15) is 0 Å². The summed E-state index contributed by atoms with van der Waals surface area (Å²) in [7, 11) is 1.38. The Morgan fingerprint density at radius 3 is 2.77 bits per heavy atom. The third-order valence-corrected chi connectivity index (χ3v) is 2.16. The van der Waals surface area contributed by atoms with Crippen LogP contribution < -0.4 is 0 Å². The zero-order valence-corrected chi connectivity index (χ0v) is 8.60. The quantitative estimate of drug-likeness (QED) is 0.580. The topological polar surface area (TPSA) is 26.3 Å². The maximum atomic E-state index is 11.3. The molecule has 0 aliphatic rings. The van der Waals surface area contributed by atoms with Gasteiger partial charge in [-0.15, -0.1) is 12.6 Å². The van der Waals surface area contributed by atoms with Gasteiger partial charge in [0.05, 0.1) is 12.7 Å². The number of ether oxygens (including phenoxy) is 1. The van der Waals surface area contributed by atoms with Crippen LogP contribution >= 0.6 is 12.6 Å². The van der Waals surface area contributed by atoms with Crippen LogP contribution in [0, 0.1) is 0 Å². The first kappa shape index (κ1) is 10.1. The molecule has 0 radical (unpaired) electrons. The fraction of sp³-hybridized carbons (Fsp3) is 0.300. The van der Waals surface area contributed by atoms with E-state index in [1.807, 2.05) is 19.1 Å². The Bertz CT molecular complexity index is 321. The van der Waals surface area contributed by atoms with Crippen LogP contribution in [0.25, 0.3) is 0 Å². The van der Waals surface area contributed by atoms with Gasteiger partial charge >= 0.3 is 5.97 Å². The van der Waals surface area contributed by atoms with Gasteiger partial charge in [-0.25, -0.2) is 4.79 Å². The zero-order chi connectivity index (χ0) is 9.84. The van der Waals surface area contributed by atoms with Crippen LogP contribution in [0.1, 0.15) is 22.8 Å². The summed E-state index contributed by atoms with van der Waals surface area (Å²) in [4.78, 5) is 12.1. The number of carbonyl (C=O) groups excluding carboxylic acids is 1. The molecule has 0 heterocycles. The maximum absolute atomic E-state index is 11.3. The van der Waals surface area contributed by atoms with E-state index in [9.17, 15) is 4.79 Å². The fourth-order valence-corrected chi connectivity index (χ4v) is 1.38. The van der Waals surface area contributed by atoms with E-state index < -0.39 is 0 Å². The summed E-state index contributed by atoms with van der Waals surface area (Å²) < 4.78 is 4.66. The predicted molar refractivity (Wildman–Crippen MR) is 54.4 cm³/mol. The molecule has 1 aromatic carbocycles. The average Bonchev–Trinajstić information content (AvgIpc) is 2.16. The predicted octanol–water partition coefficient (Wildman–Crippen LogP) is 2.32. The lowest BCUT2D eigenvalue weighted by molar-refractivity contribution is 0.0599. The summed E-state index contributed by atoms with van der Waals surface area (Å²) in [6.45, 7) is 2.00. The Labute approximate surface area is 83.3 Å². The molecule has 3 heteroatoms. The smallest absolute Gasteiger partial charge is 0.338 e. The second kappa shape index (κ2) is 4.33. The fourth-order valence-electron chi connectivity index (χ4n) is 1.17. The molecule has 0 spiro atoms. The number of esters is 1. The highest BCUT2D eigenvalue weighted by Crippen LogP contribution is 2.16. The summed E-state index contributed by atoms with van der Waals surface area (Å²) in [5, 5.41) is 0. The molecule has 1 aromatic rings. The van der Waals surface area contributed by atoms with Crippen molar-refractivity contribution < 1.29 is 9.53 Å². The molecule has 0 N–H and O–H groups in total. The molecule has 1 rings (SSSR count). The molecule has 0 aromatic heterocycles. The Morgan fingerprint density at radius 2 is 2.23 bits per heavy atom. The normalized spacial score (nSPS) is 9.77. The highest BCUT2D eigenvalue weighted by molar-refractivity contribution is 7.80. The molecule has 0 fully saturated rings. The molecule has 13 heavy (non-hydrogen) atoms. The number of methoxy groups -OCH3 is 1. The van der Waals surface area contributed by atoms with Gasteiger partial charge in [-0.2, -0.15) is 0 Å². The molecule has 0 saturated carbocycles. The van der Waals surface area contributed by atoms with Gasteiger partial charge in [0.15, 0.2) is 0 Å². The lowest BCUT2D eigenvalue weighted by Gasteiger charge is -2.05. The molecule has 0 aliphatic carbocycles. The number of aryl methyl sites for hydroxylation is 1. The highest BCUT2D eigenvalue weighted by atomic mass is 32.1. The largest absolute Gasteiger partial charge is 0.465 e. The van der Waals surface area contributed by atoms with E-state index in [1.54, 1.807) is 6.07 Å². The van der Waals surface area contributed by atoms with Crippen LogP contribution in [-0.2, 0) is 11.2 Å². The minimum absolute atomic E-state index is 0.298. The number of hydrogen-bond donors (Lipinski definition) is 1. The van der Waals surface area contributed by atoms with E-state index in [0.717, 1.165) is 16.9 Å². The van der Waals surface area contributed by atoms with E-state index in [1.165, 1.54) is 7.11 Å². The third kappa shape index (κ3) is 2.25. The van der Waals surface area contributed by atoms with Gasteiger partial charge in [0.25, 0.3) is 0 Å². The number of thiol groups is 1. The van der Waals surface area contributed by atoms with Crippen LogP contribution in [-0.4, -0.2) is 13.1 Å². The van der Waals surface area contributed by atoms with Crippen molar-refractivity contribution in [2.75, 3.05) is 7.11 Å². The van der Waals surface area contributed by atoms with Crippen LogP contribution in [0.3, 0.4) is 0 Å². The second-order valence-electron chi connectivity index (χ2n) is 2.69. The van der Waals surface area contributed by atoms with Gasteiger partial charge in [0.2, 0.25) is 0 Å². The minimum atomic E-state index is -0.298. The number of carbonyl (C=O) groups is 1. The summed E-state index contributed by atoms with van der Waals surface area (Å²) in [5.74, 6) is -0.298. The van der Waals surface area contributed by atoms with Crippen molar-refractivity contribution in [3.63, 3.8) is 0 Å². The first-order chi connectivity index (χ1) is 6.19. The Kier molecular flexibility index (Phi) is 3.37. The van der Waals surface area contributed by atoms with E-state index in [2.05, 4.69) is 17.4 Å². The van der Waals surface area contributed by atoms with Gasteiger partial charge in [-0.3, -0.25) is 0 Å². The van der Waals surface area contributed by atoms with Crippen molar-refractivity contribution in [3.05, 3.63) is 29.3 Å². The van der Waals surface area contributed by atoms with E-state index in [0.29, 0.717) is 5.56 Å². The first-order valence-corrected chi connectivity index (χ1v) is 4.54. The number of rotatable bonds is 2. The lowest BCUT2D eigenvalue weighted by Crippen LogP contribution is -2.05. The monoisotopic (exact) mass is 196 g/mol. The van der Waals surface area contributed by atoms with E-state index >= 15 is 0 Å². The van der Waals surface area contributed by atoms with Gasteiger partial charge in [0, 0.05) is 4.90 Å². The molecule has 0 unspecified atom stereocenters. The van der Waals surface area contributed by atoms with Crippen molar-refractivity contribution in [1.29, 1.82) is 0 Å². The molecule has 0 bridgehead atoms. The van der Waals surface area contributed by atoms with Crippen molar-refractivity contribution in [2.24, 2.45) is 0 Å². The molecular formula is C10H12O2S. The van der Waals surface area contributed by atoms with Gasteiger partial charge in [-0.1, -0.05) is 13.0 Å². The highest BCUT2D eigenvalue weighted by Gasteiger charge is 2.10. The summed E-state index contributed by atoms with van der Waals surface area (Å²) >= 11 is 4.17. The number of hydrogen-bond acceptors (Lipinski definition) is 3. The maximum Gasteiger partial charge on any atom is 0.338 e. The van der Waals surface area contributed by atoms with E-state index in [-0.39, 0.29) is 5.97 Å². The molecule has 0 atom stereocenters. The van der Waals surface area contributed by atoms with Crippen molar-refractivity contribution >= 4 is 18.6 Å². The van der Waals surface area contributed by atoms with Gasteiger partial charge < -0.3 is 4.74 Å². The van der Waals surface area contributed by atoms with E-state index in [4.69, 9.17) is 0 Å². The zero-order valence-electron chi connectivity index (χ0n) is 7.70. The minimum Gasteiger partial charge on any atom is -0.465 e. The Balaban J connectivity index is 3.15. The van der Waals surface area contributed by atoms with Crippen LogP contribution in [0.2, 0.25) is 0 Å². The SMILES string of the molecule is CCc1ccc(S)cc1C(=O)OC.